The molecule has 2 N–H and O–H groups in total. The summed E-state index contributed by atoms with van der Waals surface area (Å²) in [6.45, 7) is 10.4. The van der Waals surface area contributed by atoms with Crippen LogP contribution in [0.25, 0.3) is 6.08 Å². The van der Waals surface area contributed by atoms with Crippen molar-refractivity contribution in [3.63, 3.8) is 0 Å². The predicted octanol–water partition coefficient (Wildman–Crippen LogP) is 3.40. The van der Waals surface area contributed by atoms with Crippen LogP contribution in [0.5, 0.6) is 0 Å². The van der Waals surface area contributed by atoms with Gasteiger partial charge in [0.25, 0.3) is 0 Å². The normalized spacial score (nSPS) is 8.20. The quantitative estimate of drug-likeness (QED) is 0.651. The summed E-state index contributed by atoms with van der Waals surface area (Å²) in [6.07, 6.45) is 6.23. The van der Waals surface area contributed by atoms with Crippen molar-refractivity contribution >= 4 is 18.0 Å². The third-order valence-corrected chi connectivity index (χ3v) is 1.57. The van der Waals surface area contributed by atoms with Crippen molar-refractivity contribution in [2.75, 3.05) is 0 Å². The number of benzene rings is 1. The summed E-state index contributed by atoms with van der Waals surface area (Å²) in [5.41, 5.74) is 1.17. The Kier molecular flexibility index (Phi) is 13.8. The highest BCUT2D eigenvalue weighted by Crippen LogP contribution is 1.97. The monoisotopic (exact) mass is 274 g/mol. The molecule has 0 radical (unpaired) electrons. The maximum atomic E-state index is 9.55. The molecule has 4 nitrogen and oxygen atoms in total. The number of aliphatic carboxylic acids is 2. The molecular formula is C16H18O4. The fourth-order valence-electron chi connectivity index (χ4n) is 0.732. The van der Waals surface area contributed by atoms with Gasteiger partial charge in [0.1, 0.15) is 0 Å². The first-order chi connectivity index (χ1) is 9.47. The van der Waals surface area contributed by atoms with Gasteiger partial charge < -0.3 is 10.2 Å². The van der Waals surface area contributed by atoms with Gasteiger partial charge >= 0.3 is 11.9 Å². The molecule has 0 bridgehead atoms. The highest BCUT2D eigenvalue weighted by Gasteiger charge is 1.88. The largest absolute Gasteiger partial charge is 0.478 e. The Labute approximate surface area is 118 Å². The van der Waals surface area contributed by atoms with Crippen LogP contribution in [0.4, 0.5) is 0 Å². The Balaban J connectivity index is 0. The van der Waals surface area contributed by atoms with Gasteiger partial charge in [0.15, 0.2) is 0 Å². The van der Waals surface area contributed by atoms with E-state index in [0.29, 0.717) is 12.2 Å². The third kappa shape index (κ3) is 17.5. The molecule has 0 heterocycles. The topological polar surface area (TPSA) is 74.6 Å². The van der Waals surface area contributed by atoms with Gasteiger partial charge in [-0.25, -0.2) is 9.59 Å². The molecule has 0 spiro atoms. The zero-order valence-corrected chi connectivity index (χ0v) is 11.1. The van der Waals surface area contributed by atoms with E-state index in [4.69, 9.17) is 10.2 Å². The molecule has 106 valence electrons. The molecule has 4 heteroatoms. The fraction of sp³-hybridized carbons (Fsp3) is 0. The molecule has 0 unspecified atom stereocenters. The zero-order chi connectivity index (χ0) is 15.8. The average molecular weight is 274 g/mol. The van der Waals surface area contributed by atoms with Crippen molar-refractivity contribution in [3.05, 3.63) is 79.9 Å². The number of carboxylic acids is 2. The van der Waals surface area contributed by atoms with E-state index in [1.54, 1.807) is 12.2 Å². The second kappa shape index (κ2) is 14.2. The van der Waals surface area contributed by atoms with E-state index in [1.165, 1.54) is 5.56 Å². The third-order valence-electron chi connectivity index (χ3n) is 1.57. The smallest absolute Gasteiger partial charge is 0.328 e. The van der Waals surface area contributed by atoms with Crippen molar-refractivity contribution < 1.29 is 19.8 Å². The van der Waals surface area contributed by atoms with Gasteiger partial charge in [-0.15, -0.1) is 0 Å². The lowest BCUT2D eigenvalue weighted by Crippen LogP contribution is -1.91. The van der Waals surface area contributed by atoms with Crippen molar-refractivity contribution in [2.45, 2.75) is 0 Å². The minimum absolute atomic E-state index is 0.558. The molecule has 0 aromatic heterocycles. The van der Waals surface area contributed by atoms with Gasteiger partial charge in [0.05, 0.1) is 0 Å². The summed E-state index contributed by atoms with van der Waals surface area (Å²) in [6, 6.07) is 10.0. The number of carboxylic acid groups (broad SMARTS) is 2. The lowest BCUT2D eigenvalue weighted by Gasteiger charge is -1.85. The second-order valence-corrected chi connectivity index (χ2v) is 3.10. The first kappa shape index (κ1) is 19.5. The van der Waals surface area contributed by atoms with Gasteiger partial charge in [-0.3, -0.25) is 0 Å². The maximum Gasteiger partial charge on any atom is 0.328 e. The lowest BCUT2D eigenvalue weighted by atomic mass is 10.2. The minimum Gasteiger partial charge on any atom is -0.478 e. The first-order valence-corrected chi connectivity index (χ1v) is 5.52. The van der Waals surface area contributed by atoms with E-state index in [1.807, 2.05) is 36.4 Å². The van der Waals surface area contributed by atoms with Crippen LogP contribution in [0.15, 0.2) is 74.4 Å². The molecule has 20 heavy (non-hydrogen) atoms. The molecular weight excluding hydrogens is 256 g/mol. The summed E-state index contributed by atoms with van der Waals surface area (Å²) < 4.78 is 0. The molecule has 1 rings (SSSR count). The maximum absolute atomic E-state index is 9.55. The summed E-state index contributed by atoms with van der Waals surface area (Å²) in [7, 11) is 0. The van der Waals surface area contributed by atoms with Crippen LogP contribution in [0.1, 0.15) is 5.56 Å². The molecule has 0 aliphatic rings. The fourth-order valence-corrected chi connectivity index (χ4v) is 0.732. The van der Waals surface area contributed by atoms with E-state index in [2.05, 4.69) is 19.7 Å². The van der Waals surface area contributed by atoms with Gasteiger partial charge in [0, 0.05) is 12.2 Å². The summed E-state index contributed by atoms with van der Waals surface area (Å²) >= 11 is 0. The van der Waals surface area contributed by atoms with Crippen LogP contribution in [0.3, 0.4) is 0 Å². The van der Waals surface area contributed by atoms with E-state index in [0.717, 1.165) is 0 Å². The number of hydrogen-bond donors (Lipinski definition) is 2. The predicted molar refractivity (Wildman–Crippen MR) is 81.3 cm³/mol. The minimum atomic E-state index is -1.26. The molecule has 1 aromatic carbocycles. The van der Waals surface area contributed by atoms with Crippen LogP contribution < -0.4 is 0 Å². The van der Waals surface area contributed by atoms with Crippen molar-refractivity contribution in [2.24, 2.45) is 0 Å². The highest BCUT2D eigenvalue weighted by atomic mass is 16.4. The lowest BCUT2D eigenvalue weighted by molar-refractivity contribution is -0.134. The van der Waals surface area contributed by atoms with Crippen molar-refractivity contribution in [3.8, 4) is 0 Å². The van der Waals surface area contributed by atoms with Gasteiger partial charge in [-0.05, 0) is 5.56 Å². The Bertz CT molecular complexity index is 437. The van der Waals surface area contributed by atoms with E-state index >= 15 is 0 Å². The molecule has 0 amide bonds. The second-order valence-electron chi connectivity index (χ2n) is 3.10. The Morgan fingerprint density at radius 1 is 0.850 bits per heavy atom. The van der Waals surface area contributed by atoms with E-state index < -0.39 is 11.9 Å². The summed E-state index contributed by atoms with van der Waals surface area (Å²) in [5.74, 6) is -2.51. The number of carbonyl (C=O) groups is 2. The molecule has 1 aromatic rings. The van der Waals surface area contributed by atoms with Gasteiger partial charge in [-0.1, -0.05) is 68.3 Å². The van der Waals surface area contributed by atoms with Crippen molar-refractivity contribution in [1.29, 1.82) is 0 Å². The molecule has 0 saturated carbocycles. The SMILES string of the molecule is C=CC=C.C=Cc1ccccc1.O=C(O)/C=C\C(=O)O. The van der Waals surface area contributed by atoms with E-state index in [-0.39, 0.29) is 0 Å². The molecule has 0 atom stereocenters. The van der Waals surface area contributed by atoms with Crippen LogP contribution in [-0.4, -0.2) is 22.2 Å². The van der Waals surface area contributed by atoms with Crippen molar-refractivity contribution in [1.82, 2.24) is 0 Å². The molecule has 0 fully saturated rings. The molecule has 0 aliphatic carbocycles. The number of rotatable bonds is 4. The summed E-state index contributed by atoms with van der Waals surface area (Å²) in [4.78, 5) is 19.1. The van der Waals surface area contributed by atoms with Crippen LogP contribution in [0, 0.1) is 0 Å². The Morgan fingerprint density at radius 3 is 1.45 bits per heavy atom. The number of hydrogen-bond acceptors (Lipinski definition) is 2. The average Bonchev–Trinajstić information content (AvgIpc) is 2.47. The standard InChI is InChI=1S/C8H8.C4H4O4.C4H6/c1-2-8-6-4-3-5-7-8;5-3(6)1-2-4(7)8;1-3-4-2/h2-7H,1H2;1-2H,(H,5,6)(H,7,8);3-4H,1-2H2/b;2-1-;. The number of allylic oxidation sites excluding steroid dienone is 2. The summed E-state index contributed by atoms with van der Waals surface area (Å²) in [5, 5.41) is 15.6. The Morgan fingerprint density at radius 2 is 1.25 bits per heavy atom. The zero-order valence-electron chi connectivity index (χ0n) is 11.1. The highest BCUT2D eigenvalue weighted by molar-refractivity contribution is 5.89. The van der Waals surface area contributed by atoms with Gasteiger partial charge in [-0.2, -0.15) is 0 Å². The van der Waals surface area contributed by atoms with Crippen LogP contribution in [0.2, 0.25) is 0 Å². The van der Waals surface area contributed by atoms with Crippen LogP contribution in [-0.2, 0) is 9.59 Å². The van der Waals surface area contributed by atoms with Crippen LogP contribution >= 0.6 is 0 Å². The molecule has 0 aliphatic heterocycles. The molecule has 0 saturated heterocycles. The first-order valence-electron chi connectivity index (χ1n) is 5.52. The Hall–Kier alpha value is -2.88. The van der Waals surface area contributed by atoms with Gasteiger partial charge in [0.2, 0.25) is 0 Å². The van der Waals surface area contributed by atoms with E-state index in [9.17, 15) is 9.59 Å².